The molecule has 0 aromatic heterocycles. The zero-order chi connectivity index (χ0) is 16.7. The van der Waals surface area contributed by atoms with Crippen LogP contribution in [0.25, 0.3) is 0 Å². The monoisotopic (exact) mass is 332 g/mol. The van der Waals surface area contributed by atoms with E-state index in [0.29, 0.717) is 0 Å². The highest BCUT2D eigenvalue weighted by Gasteiger charge is 2.29. The normalized spacial score (nSPS) is 13.2. The Morgan fingerprint density at radius 3 is 2.35 bits per heavy atom. The van der Waals surface area contributed by atoms with Gasteiger partial charge in [0.25, 0.3) is 0 Å². The van der Waals surface area contributed by atoms with Gasteiger partial charge in [-0.2, -0.15) is 0 Å². The zero-order valence-corrected chi connectivity index (χ0v) is 14.0. The summed E-state index contributed by atoms with van der Waals surface area (Å²) in [5.41, 5.74) is 0.834. The Hall–Kier alpha value is -1.98. The van der Waals surface area contributed by atoms with Gasteiger partial charge in [0, 0.05) is 4.90 Å². The van der Waals surface area contributed by atoms with Gasteiger partial charge in [-0.15, -0.1) is 11.8 Å². The van der Waals surface area contributed by atoms with Crippen LogP contribution in [-0.2, 0) is 9.53 Å². The predicted molar refractivity (Wildman–Crippen MR) is 90.7 cm³/mol. The Kier molecular flexibility index (Phi) is 6.50. The van der Waals surface area contributed by atoms with Crippen LogP contribution < -0.4 is 4.74 Å². The first-order chi connectivity index (χ1) is 11.2. The quantitative estimate of drug-likeness (QED) is 0.622. The average Bonchev–Trinajstić information content (AvgIpc) is 2.60. The molecular formula is C18H20O4S. The van der Waals surface area contributed by atoms with Gasteiger partial charge >= 0.3 is 5.97 Å². The summed E-state index contributed by atoms with van der Waals surface area (Å²) >= 11 is 1.43. The van der Waals surface area contributed by atoms with Crippen molar-refractivity contribution < 1.29 is 19.4 Å². The van der Waals surface area contributed by atoms with Gasteiger partial charge in [0.1, 0.15) is 5.75 Å². The molecule has 4 nitrogen and oxygen atoms in total. The third-order valence-corrected chi connectivity index (χ3v) is 4.59. The van der Waals surface area contributed by atoms with E-state index in [1.807, 2.05) is 54.6 Å². The molecule has 2 rings (SSSR count). The minimum absolute atomic E-state index is 0.237. The van der Waals surface area contributed by atoms with E-state index < -0.39 is 17.3 Å². The summed E-state index contributed by atoms with van der Waals surface area (Å²) in [6.45, 7) is 1.96. The molecule has 0 saturated carbocycles. The lowest BCUT2D eigenvalue weighted by atomic mass is 10.1. The summed E-state index contributed by atoms with van der Waals surface area (Å²) in [5.74, 6) is 0.111. The van der Waals surface area contributed by atoms with E-state index in [2.05, 4.69) is 0 Å². The lowest BCUT2D eigenvalue weighted by molar-refractivity contribution is -0.153. The van der Waals surface area contributed by atoms with Crippen molar-refractivity contribution in [2.45, 2.75) is 23.2 Å². The first kappa shape index (κ1) is 17.4. The van der Waals surface area contributed by atoms with E-state index in [1.54, 1.807) is 14.0 Å². The molecule has 2 aromatic rings. The summed E-state index contributed by atoms with van der Waals surface area (Å²) in [6, 6.07) is 17.0. The largest absolute Gasteiger partial charge is 0.497 e. The number of aliphatic hydroxyl groups is 1. The van der Waals surface area contributed by atoms with Gasteiger partial charge in [0.2, 0.25) is 0 Å². The van der Waals surface area contributed by atoms with E-state index in [1.165, 1.54) is 11.8 Å². The molecule has 122 valence electrons. The van der Waals surface area contributed by atoms with Crippen molar-refractivity contribution in [1.29, 1.82) is 0 Å². The van der Waals surface area contributed by atoms with Crippen LogP contribution in [0.3, 0.4) is 0 Å². The molecule has 5 heteroatoms. The standard InChI is InChI=1S/C18H20O4S/c1-3-22-18(20)16(19)17(23-15-7-5-4-6-8-15)13-9-11-14(21-2)12-10-13/h4-12,16-17,19H,3H2,1-2H3/t16-,17+/m1/s1. The van der Waals surface area contributed by atoms with Crippen LogP contribution in [-0.4, -0.2) is 30.9 Å². The van der Waals surface area contributed by atoms with Crippen molar-refractivity contribution in [3.63, 3.8) is 0 Å². The Bertz CT molecular complexity index is 613. The van der Waals surface area contributed by atoms with E-state index >= 15 is 0 Å². The first-order valence-electron chi connectivity index (χ1n) is 7.36. The maximum Gasteiger partial charge on any atom is 0.336 e. The molecule has 0 fully saturated rings. The Balaban J connectivity index is 2.27. The molecule has 0 aliphatic rings. The zero-order valence-electron chi connectivity index (χ0n) is 13.1. The molecule has 23 heavy (non-hydrogen) atoms. The number of hydrogen-bond donors (Lipinski definition) is 1. The molecule has 0 spiro atoms. The average molecular weight is 332 g/mol. The topological polar surface area (TPSA) is 55.8 Å². The molecule has 0 amide bonds. The van der Waals surface area contributed by atoms with Crippen LogP contribution in [0.15, 0.2) is 59.5 Å². The van der Waals surface area contributed by atoms with Gasteiger partial charge in [-0.25, -0.2) is 4.79 Å². The van der Waals surface area contributed by atoms with Crippen LogP contribution in [0.1, 0.15) is 17.7 Å². The molecule has 0 bridgehead atoms. The summed E-state index contributed by atoms with van der Waals surface area (Å²) < 4.78 is 10.1. The summed E-state index contributed by atoms with van der Waals surface area (Å²) in [4.78, 5) is 12.9. The number of rotatable bonds is 7. The lowest BCUT2D eigenvalue weighted by Gasteiger charge is -2.22. The smallest absolute Gasteiger partial charge is 0.336 e. The Morgan fingerprint density at radius 1 is 1.13 bits per heavy atom. The molecule has 0 heterocycles. The minimum Gasteiger partial charge on any atom is -0.497 e. The molecule has 0 saturated heterocycles. The van der Waals surface area contributed by atoms with Crippen molar-refractivity contribution in [1.82, 2.24) is 0 Å². The maximum absolute atomic E-state index is 12.0. The highest BCUT2D eigenvalue weighted by Crippen LogP contribution is 2.38. The lowest BCUT2D eigenvalue weighted by Crippen LogP contribution is -2.28. The van der Waals surface area contributed by atoms with Crippen LogP contribution in [0.5, 0.6) is 5.75 Å². The number of ether oxygens (including phenoxy) is 2. The van der Waals surface area contributed by atoms with E-state index in [4.69, 9.17) is 9.47 Å². The highest BCUT2D eigenvalue weighted by molar-refractivity contribution is 7.99. The van der Waals surface area contributed by atoms with Gasteiger partial charge < -0.3 is 14.6 Å². The molecule has 1 N–H and O–H groups in total. The Morgan fingerprint density at radius 2 is 1.78 bits per heavy atom. The van der Waals surface area contributed by atoms with E-state index in [9.17, 15) is 9.90 Å². The Labute approximate surface area is 140 Å². The van der Waals surface area contributed by atoms with E-state index in [0.717, 1.165) is 16.2 Å². The van der Waals surface area contributed by atoms with Crippen molar-refractivity contribution in [3.8, 4) is 5.75 Å². The first-order valence-corrected chi connectivity index (χ1v) is 8.24. The third kappa shape index (κ3) is 4.74. The van der Waals surface area contributed by atoms with Gasteiger partial charge in [0.05, 0.1) is 19.0 Å². The maximum atomic E-state index is 12.0. The highest BCUT2D eigenvalue weighted by atomic mass is 32.2. The van der Waals surface area contributed by atoms with Gasteiger partial charge in [-0.3, -0.25) is 0 Å². The molecule has 2 aromatic carbocycles. The number of carbonyl (C=O) groups excluding carboxylic acids is 1. The van der Waals surface area contributed by atoms with Crippen molar-refractivity contribution in [2.24, 2.45) is 0 Å². The van der Waals surface area contributed by atoms with Crippen molar-refractivity contribution in [3.05, 3.63) is 60.2 Å². The summed E-state index contributed by atoms with van der Waals surface area (Å²) in [6.07, 6.45) is -1.24. The number of thioether (sulfide) groups is 1. The molecular weight excluding hydrogens is 312 g/mol. The molecule has 0 radical (unpaired) electrons. The van der Waals surface area contributed by atoms with Crippen molar-refractivity contribution in [2.75, 3.05) is 13.7 Å². The number of hydrogen-bond acceptors (Lipinski definition) is 5. The number of aliphatic hydroxyl groups excluding tert-OH is 1. The van der Waals surface area contributed by atoms with Gasteiger partial charge in [-0.05, 0) is 36.8 Å². The van der Waals surface area contributed by atoms with Crippen LogP contribution in [0.2, 0.25) is 0 Å². The second kappa shape index (κ2) is 8.60. The predicted octanol–water partition coefficient (Wildman–Crippen LogP) is 3.45. The van der Waals surface area contributed by atoms with Crippen molar-refractivity contribution >= 4 is 17.7 Å². The SMILES string of the molecule is CCOC(=O)[C@H](O)[C@@H](Sc1ccccc1)c1ccc(OC)cc1. The molecule has 2 atom stereocenters. The minimum atomic E-state index is -1.24. The van der Waals surface area contributed by atoms with E-state index in [-0.39, 0.29) is 6.61 Å². The second-order valence-corrected chi connectivity index (χ2v) is 6.04. The molecule has 0 aliphatic carbocycles. The number of methoxy groups -OCH3 is 1. The number of benzene rings is 2. The number of esters is 1. The fourth-order valence-corrected chi connectivity index (χ4v) is 3.25. The second-order valence-electron chi connectivity index (χ2n) is 4.82. The van der Waals surface area contributed by atoms with Crippen LogP contribution >= 0.6 is 11.8 Å². The van der Waals surface area contributed by atoms with Crippen LogP contribution in [0, 0.1) is 0 Å². The molecule has 0 unspecified atom stereocenters. The summed E-state index contributed by atoms with van der Waals surface area (Å²) in [7, 11) is 1.60. The number of carbonyl (C=O) groups is 1. The van der Waals surface area contributed by atoms with Gasteiger partial charge in [-0.1, -0.05) is 30.3 Å². The van der Waals surface area contributed by atoms with Gasteiger partial charge in [0.15, 0.2) is 6.10 Å². The fourth-order valence-electron chi connectivity index (χ4n) is 2.11. The molecule has 0 aliphatic heterocycles. The third-order valence-electron chi connectivity index (χ3n) is 3.27. The van der Waals surface area contributed by atoms with Crippen LogP contribution in [0.4, 0.5) is 0 Å². The summed E-state index contributed by atoms with van der Waals surface area (Å²) in [5, 5.41) is 9.97. The fraction of sp³-hybridized carbons (Fsp3) is 0.278.